The average Bonchev–Trinajstić information content (AvgIpc) is 2.63. The number of alkyl halides is 3. The molecule has 0 saturated heterocycles. The topological polar surface area (TPSA) is 73.9 Å². The minimum Gasteiger partial charge on any atom is -0.492 e. The second kappa shape index (κ2) is 9.46. The van der Waals surface area contributed by atoms with Crippen molar-refractivity contribution in [2.75, 3.05) is 19.8 Å². The molecular weight excluding hydrogens is 367 g/mol. The third kappa shape index (κ3) is 7.68. The van der Waals surface area contributed by atoms with Gasteiger partial charge < -0.3 is 19.5 Å². The van der Waals surface area contributed by atoms with Gasteiger partial charge in [-0.1, -0.05) is 18.2 Å². The maximum Gasteiger partial charge on any atom is 0.573 e. The third-order valence-corrected chi connectivity index (χ3v) is 3.09. The van der Waals surface area contributed by atoms with E-state index in [0.29, 0.717) is 5.75 Å². The lowest BCUT2D eigenvalue weighted by molar-refractivity contribution is -0.274. The van der Waals surface area contributed by atoms with Gasteiger partial charge in [-0.05, 0) is 36.4 Å². The number of esters is 1. The standard InChI is InChI=1S/C18H16F3NO5/c19-18(20,21)27-15-8-6-13(7-9-15)17(24)26-12-16(23)22-10-11-25-14-4-2-1-3-5-14/h1-9H,10-12H2,(H,22,23). The molecule has 2 rings (SSSR count). The predicted octanol–water partition coefficient (Wildman–Crippen LogP) is 2.94. The van der Waals surface area contributed by atoms with Crippen LogP contribution in [0.5, 0.6) is 11.5 Å². The van der Waals surface area contributed by atoms with Crippen LogP contribution < -0.4 is 14.8 Å². The van der Waals surface area contributed by atoms with Gasteiger partial charge in [0.25, 0.3) is 5.91 Å². The molecule has 0 fully saturated rings. The van der Waals surface area contributed by atoms with Gasteiger partial charge in [0.1, 0.15) is 18.1 Å². The number of nitrogens with one attached hydrogen (secondary N) is 1. The van der Waals surface area contributed by atoms with Crippen molar-refractivity contribution in [2.24, 2.45) is 0 Å². The fraction of sp³-hybridized carbons (Fsp3) is 0.222. The zero-order chi connectivity index (χ0) is 19.7. The van der Waals surface area contributed by atoms with E-state index in [-0.39, 0.29) is 18.7 Å². The second-order valence-electron chi connectivity index (χ2n) is 5.16. The number of hydrogen-bond acceptors (Lipinski definition) is 5. The minimum atomic E-state index is -4.82. The van der Waals surface area contributed by atoms with Gasteiger partial charge in [-0.2, -0.15) is 0 Å². The Morgan fingerprint density at radius 2 is 1.59 bits per heavy atom. The molecule has 1 N–H and O–H groups in total. The maximum absolute atomic E-state index is 12.1. The third-order valence-electron chi connectivity index (χ3n) is 3.09. The number of benzene rings is 2. The van der Waals surface area contributed by atoms with Crippen molar-refractivity contribution in [3.05, 3.63) is 60.2 Å². The SMILES string of the molecule is O=C(COC(=O)c1ccc(OC(F)(F)F)cc1)NCCOc1ccccc1. The molecule has 6 nitrogen and oxygen atoms in total. The molecule has 0 saturated carbocycles. The van der Waals surface area contributed by atoms with Crippen LogP contribution in [0.1, 0.15) is 10.4 Å². The van der Waals surface area contributed by atoms with E-state index in [1.54, 1.807) is 12.1 Å². The Labute approximate surface area is 152 Å². The first-order valence-electron chi connectivity index (χ1n) is 7.81. The van der Waals surface area contributed by atoms with E-state index < -0.39 is 30.6 Å². The molecule has 144 valence electrons. The van der Waals surface area contributed by atoms with Crippen LogP contribution in [-0.4, -0.2) is 38.0 Å². The normalized spacial score (nSPS) is 10.8. The van der Waals surface area contributed by atoms with E-state index in [0.717, 1.165) is 24.3 Å². The molecule has 0 aliphatic rings. The van der Waals surface area contributed by atoms with Crippen LogP contribution in [0.2, 0.25) is 0 Å². The van der Waals surface area contributed by atoms with E-state index in [2.05, 4.69) is 10.1 Å². The van der Waals surface area contributed by atoms with Gasteiger partial charge in [-0.25, -0.2) is 4.79 Å². The average molecular weight is 383 g/mol. The number of carbonyl (C=O) groups excluding carboxylic acids is 2. The van der Waals surface area contributed by atoms with Crippen LogP contribution in [0.3, 0.4) is 0 Å². The van der Waals surface area contributed by atoms with Crippen LogP contribution in [0.4, 0.5) is 13.2 Å². The van der Waals surface area contributed by atoms with E-state index in [4.69, 9.17) is 9.47 Å². The van der Waals surface area contributed by atoms with Gasteiger partial charge in [0, 0.05) is 0 Å². The number of carbonyl (C=O) groups is 2. The van der Waals surface area contributed by atoms with Crippen molar-refractivity contribution in [3.63, 3.8) is 0 Å². The fourth-order valence-corrected chi connectivity index (χ4v) is 1.93. The van der Waals surface area contributed by atoms with Crippen molar-refractivity contribution in [1.29, 1.82) is 0 Å². The van der Waals surface area contributed by atoms with E-state index in [1.165, 1.54) is 0 Å². The van der Waals surface area contributed by atoms with Crippen molar-refractivity contribution in [2.45, 2.75) is 6.36 Å². The molecule has 0 heterocycles. The molecule has 2 aromatic rings. The lowest BCUT2D eigenvalue weighted by atomic mass is 10.2. The minimum absolute atomic E-state index is 0.00950. The maximum atomic E-state index is 12.1. The Bertz CT molecular complexity index is 748. The summed E-state index contributed by atoms with van der Waals surface area (Å²) >= 11 is 0. The van der Waals surface area contributed by atoms with Gasteiger partial charge in [0.15, 0.2) is 6.61 Å². The van der Waals surface area contributed by atoms with E-state index in [9.17, 15) is 22.8 Å². The predicted molar refractivity (Wildman–Crippen MR) is 88.4 cm³/mol. The quantitative estimate of drug-likeness (QED) is 0.561. The number of halogens is 3. The second-order valence-corrected chi connectivity index (χ2v) is 5.16. The van der Waals surface area contributed by atoms with E-state index in [1.807, 2.05) is 18.2 Å². The molecular formula is C18H16F3NO5. The summed E-state index contributed by atoms with van der Waals surface area (Å²) in [5, 5.41) is 2.51. The molecule has 2 aromatic carbocycles. The fourth-order valence-electron chi connectivity index (χ4n) is 1.93. The van der Waals surface area contributed by atoms with Gasteiger partial charge >= 0.3 is 12.3 Å². The molecule has 0 aromatic heterocycles. The molecule has 9 heteroatoms. The van der Waals surface area contributed by atoms with Crippen LogP contribution in [0.25, 0.3) is 0 Å². The monoisotopic (exact) mass is 383 g/mol. The Kier molecular flexibility index (Phi) is 7.04. The molecule has 0 radical (unpaired) electrons. The zero-order valence-corrected chi connectivity index (χ0v) is 14.0. The Morgan fingerprint density at radius 1 is 0.926 bits per heavy atom. The first kappa shape index (κ1) is 20.1. The number of para-hydroxylation sites is 1. The first-order valence-corrected chi connectivity index (χ1v) is 7.81. The number of hydrogen-bond donors (Lipinski definition) is 1. The summed E-state index contributed by atoms with van der Waals surface area (Å²) in [5.74, 6) is -1.17. The highest BCUT2D eigenvalue weighted by atomic mass is 19.4. The number of rotatable bonds is 8. The van der Waals surface area contributed by atoms with Gasteiger partial charge in [-0.15, -0.1) is 13.2 Å². The molecule has 0 bridgehead atoms. The summed E-state index contributed by atoms with van der Waals surface area (Å²) in [6, 6.07) is 13.2. The summed E-state index contributed by atoms with van der Waals surface area (Å²) in [4.78, 5) is 23.4. The summed E-state index contributed by atoms with van der Waals surface area (Å²) in [5.41, 5.74) is -0.00950. The van der Waals surface area contributed by atoms with Crippen molar-refractivity contribution in [3.8, 4) is 11.5 Å². The summed E-state index contributed by atoms with van der Waals surface area (Å²) < 4.78 is 50.1. The molecule has 27 heavy (non-hydrogen) atoms. The van der Waals surface area contributed by atoms with Crippen molar-refractivity contribution < 1.29 is 37.0 Å². The van der Waals surface area contributed by atoms with Gasteiger partial charge in [0.05, 0.1) is 12.1 Å². The molecule has 0 aliphatic carbocycles. The van der Waals surface area contributed by atoms with Crippen molar-refractivity contribution in [1.82, 2.24) is 5.32 Å². The van der Waals surface area contributed by atoms with E-state index >= 15 is 0 Å². The molecule has 0 aliphatic heterocycles. The van der Waals surface area contributed by atoms with Crippen LogP contribution in [0.15, 0.2) is 54.6 Å². The zero-order valence-electron chi connectivity index (χ0n) is 14.0. The Hall–Kier alpha value is -3.23. The molecule has 0 atom stereocenters. The number of ether oxygens (including phenoxy) is 3. The van der Waals surface area contributed by atoms with Gasteiger partial charge in [0.2, 0.25) is 0 Å². The summed E-state index contributed by atoms with van der Waals surface area (Å²) in [6.45, 7) is -0.0654. The lowest BCUT2D eigenvalue weighted by Gasteiger charge is -2.10. The van der Waals surface area contributed by atoms with Crippen LogP contribution in [0, 0.1) is 0 Å². The van der Waals surface area contributed by atoms with Gasteiger partial charge in [-0.3, -0.25) is 4.79 Å². The summed E-state index contributed by atoms with van der Waals surface area (Å²) in [6.07, 6.45) is -4.82. The number of amides is 1. The lowest BCUT2D eigenvalue weighted by Crippen LogP contribution is -2.32. The largest absolute Gasteiger partial charge is 0.573 e. The molecule has 1 amide bonds. The van der Waals surface area contributed by atoms with Crippen LogP contribution in [-0.2, 0) is 9.53 Å². The first-order chi connectivity index (χ1) is 12.8. The highest BCUT2D eigenvalue weighted by Gasteiger charge is 2.31. The highest BCUT2D eigenvalue weighted by Crippen LogP contribution is 2.22. The van der Waals surface area contributed by atoms with Crippen molar-refractivity contribution >= 4 is 11.9 Å². The Morgan fingerprint density at radius 3 is 2.22 bits per heavy atom. The smallest absolute Gasteiger partial charge is 0.492 e. The highest BCUT2D eigenvalue weighted by molar-refractivity contribution is 5.91. The summed E-state index contributed by atoms with van der Waals surface area (Å²) in [7, 11) is 0. The molecule has 0 unspecified atom stereocenters. The van der Waals surface area contributed by atoms with Crippen LogP contribution >= 0.6 is 0 Å². The molecule has 0 spiro atoms. The Balaban J connectivity index is 1.67.